The molecule has 0 aromatic heterocycles. The summed E-state index contributed by atoms with van der Waals surface area (Å²) in [6.07, 6.45) is -1.28. The number of methoxy groups -OCH3 is 1. The Hall–Kier alpha value is -1.86. The van der Waals surface area contributed by atoms with Crippen LogP contribution < -0.4 is 9.47 Å². The van der Waals surface area contributed by atoms with Gasteiger partial charge < -0.3 is 14.6 Å². The van der Waals surface area contributed by atoms with E-state index in [0.717, 1.165) is 5.37 Å². The third-order valence-electron chi connectivity index (χ3n) is 1.97. The third kappa shape index (κ3) is 3.86. The first kappa shape index (κ1) is 14.2. The first-order valence-electron chi connectivity index (χ1n) is 4.94. The van der Waals surface area contributed by atoms with Crippen LogP contribution in [0.4, 0.5) is 0 Å². The van der Waals surface area contributed by atoms with E-state index in [0.29, 0.717) is 5.56 Å². The van der Waals surface area contributed by atoms with Crippen molar-refractivity contribution in [2.45, 2.75) is 13.0 Å². The van der Waals surface area contributed by atoms with Crippen molar-refractivity contribution in [3.63, 3.8) is 0 Å². The number of rotatable bonds is 4. The average molecular weight is 272 g/mol. The standard InChI is InChI=1S/C11H12O6S/c1-7(12)11(13)17-10-5-8(6-18(14)15)3-4-9(10)16-2/h3-7,12H,1-2H3. The fraction of sp³-hybridized carbons (Fsp3) is 0.273. The molecule has 1 atom stereocenters. The molecule has 0 aliphatic rings. The Morgan fingerprint density at radius 1 is 1.39 bits per heavy atom. The summed E-state index contributed by atoms with van der Waals surface area (Å²) in [5.74, 6) is -0.547. The fourth-order valence-corrected chi connectivity index (χ4v) is 1.52. The molecule has 0 radical (unpaired) electrons. The third-order valence-corrected chi connectivity index (χ3v) is 2.44. The van der Waals surface area contributed by atoms with Gasteiger partial charge in [0.25, 0.3) is 0 Å². The zero-order valence-corrected chi connectivity index (χ0v) is 10.6. The number of benzene rings is 1. The van der Waals surface area contributed by atoms with Gasteiger partial charge in [0.1, 0.15) is 6.10 Å². The molecule has 0 bridgehead atoms. The van der Waals surface area contributed by atoms with Crippen LogP contribution in [0.5, 0.6) is 11.5 Å². The lowest BCUT2D eigenvalue weighted by Crippen LogP contribution is -2.22. The van der Waals surface area contributed by atoms with Crippen LogP contribution in [0.15, 0.2) is 18.2 Å². The van der Waals surface area contributed by atoms with Gasteiger partial charge in [-0.25, -0.2) is 4.79 Å². The van der Waals surface area contributed by atoms with Gasteiger partial charge in [0.2, 0.25) is 10.3 Å². The second-order valence-corrected chi connectivity index (χ2v) is 4.14. The summed E-state index contributed by atoms with van der Waals surface area (Å²) >= 11 is 0. The molecule has 0 amide bonds. The highest BCUT2D eigenvalue weighted by Crippen LogP contribution is 2.27. The first-order chi connectivity index (χ1) is 8.43. The van der Waals surface area contributed by atoms with E-state index >= 15 is 0 Å². The van der Waals surface area contributed by atoms with Gasteiger partial charge in [-0.15, -0.1) is 0 Å². The lowest BCUT2D eigenvalue weighted by atomic mass is 10.2. The largest absolute Gasteiger partial charge is 0.493 e. The maximum Gasteiger partial charge on any atom is 0.340 e. The number of esters is 1. The molecular formula is C11H12O6S. The summed E-state index contributed by atoms with van der Waals surface area (Å²) < 4.78 is 30.9. The molecule has 0 saturated carbocycles. The number of aliphatic hydroxyl groups excluding tert-OH is 1. The minimum absolute atomic E-state index is 0.0441. The van der Waals surface area contributed by atoms with Crippen molar-refractivity contribution in [1.82, 2.24) is 0 Å². The van der Waals surface area contributed by atoms with Gasteiger partial charge in [-0.1, -0.05) is 6.07 Å². The second-order valence-electron chi connectivity index (χ2n) is 3.39. The molecule has 6 nitrogen and oxygen atoms in total. The van der Waals surface area contributed by atoms with Crippen LogP contribution in [0.2, 0.25) is 0 Å². The molecule has 1 rings (SSSR count). The predicted molar refractivity (Wildman–Crippen MR) is 64.4 cm³/mol. The van der Waals surface area contributed by atoms with Crippen molar-refractivity contribution in [2.24, 2.45) is 0 Å². The number of carbonyl (C=O) groups is 1. The van der Waals surface area contributed by atoms with Crippen LogP contribution in [0, 0.1) is 0 Å². The van der Waals surface area contributed by atoms with Crippen molar-refractivity contribution in [1.29, 1.82) is 0 Å². The van der Waals surface area contributed by atoms with E-state index in [-0.39, 0.29) is 11.5 Å². The monoisotopic (exact) mass is 272 g/mol. The highest BCUT2D eigenvalue weighted by Gasteiger charge is 2.15. The molecule has 1 aromatic carbocycles. The van der Waals surface area contributed by atoms with Gasteiger partial charge in [0.15, 0.2) is 11.5 Å². The first-order valence-corrected chi connectivity index (χ1v) is 6.08. The topological polar surface area (TPSA) is 89.9 Å². The van der Waals surface area contributed by atoms with Crippen molar-refractivity contribution in [3.05, 3.63) is 23.8 Å². The fourth-order valence-electron chi connectivity index (χ4n) is 1.15. The van der Waals surface area contributed by atoms with E-state index in [1.165, 1.54) is 32.2 Å². The highest BCUT2D eigenvalue weighted by atomic mass is 32.2. The SMILES string of the molecule is COc1ccc(C=S(=O)=O)cc1OC(=O)C(C)O. The quantitative estimate of drug-likeness (QED) is 0.472. The van der Waals surface area contributed by atoms with Crippen molar-refractivity contribution >= 4 is 21.6 Å². The number of aliphatic hydroxyl groups is 1. The summed E-state index contributed by atoms with van der Waals surface area (Å²) in [7, 11) is -0.981. The number of ether oxygens (including phenoxy) is 2. The van der Waals surface area contributed by atoms with Gasteiger partial charge in [-0.2, -0.15) is 8.42 Å². The van der Waals surface area contributed by atoms with Gasteiger partial charge in [-0.3, -0.25) is 0 Å². The van der Waals surface area contributed by atoms with Crippen LogP contribution in [0.25, 0.3) is 0 Å². The van der Waals surface area contributed by atoms with Gasteiger partial charge in [0, 0.05) is 0 Å². The zero-order valence-electron chi connectivity index (χ0n) is 9.78. The zero-order chi connectivity index (χ0) is 13.7. The maximum atomic E-state index is 11.3. The summed E-state index contributed by atoms with van der Waals surface area (Å²) in [4.78, 5) is 11.3. The Kier molecular flexibility index (Phi) is 4.87. The molecule has 0 saturated heterocycles. The molecule has 18 heavy (non-hydrogen) atoms. The van der Waals surface area contributed by atoms with Gasteiger partial charge in [-0.05, 0) is 24.6 Å². The van der Waals surface area contributed by atoms with Crippen LogP contribution in [0.3, 0.4) is 0 Å². The van der Waals surface area contributed by atoms with Crippen molar-refractivity contribution < 1.29 is 27.8 Å². The summed E-state index contributed by atoms with van der Waals surface area (Å²) in [5, 5.41) is 10.00. The van der Waals surface area contributed by atoms with Gasteiger partial charge >= 0.3 is 5.97 Å². The highest BCUT2D eigenvalue weighted by molar-refractivity contribution is 7.71. The molecule has 0 aliphatic heterocycles. The summed E-state index contributed by atoms with van der Waals surface area (Å²) in [6, 6.07) is 4.28. The molecule has 0 spiro atoms. The van der Waals surface area contributed by atoms with E-state index < -0.39 is 22.4 Å². The van der Waals surface area contributed by atoms with Crippen molar-refractivity contribution in [3.8, 4) is 11.5 Å². The summed E-state index contributed by atoms with van der Waals surface area (Å²) in [6.45, 7) is 1.26. The second kappa shape index (κ2) is 6.18. The Bertz CT molecular complexity index is 565. The molecule has 0 heterocycles. The number of hydrogen-bond donors (Lipinski definition) is 1. The minimum Gasteiger partial charge on any atom is -0.493 e. The molecule has 0 aliphatic carbocycles. The van der Waals surface area contributed by atoms with E-state index in [2.05, 4.69) is 0 Å². The van der Waals surface area contributed by atoms with Gasteiger partial charge in [0.05, 0.1) is 12.5 Å². The van der Waals surface area contributed by atoms with Crippen LogP contribution >= 0.6 is 0 Å². The normalized spacial score (nSPS) is 11.5. The molecule has 1 aromatic rings. The Morgan fingerprint density at radius 2 is 2.06 bits per heavy atom. The molecule has 1 N–H and O–H groups in total. The van der Waals surface area contributed by atoms with Crippen LogP contribution in [0.1, 0.15) is 12.5 Å². The Labute approximate surface area is 105 Å². The minimum atomic E-state index is -2.36. The van der Waals surface area contributed by atoms with E-state index in [1.54, 1.807) is 0 Å². The smallest absolute Gasteiger partial charge is 0.340 e. The van der Waals surface area contributed by atoms with Crippen molar-refractivity contribution in [2.75, 3.05) is 7.11 Å². The predicted octanol–water partition coefficient (Wildman–Crippen LogP) is 0.0108. The van der Waals surface area contributed by atoms with E-state index in [9.17, 15) is 13.2 Å². The molecule has 98 valence electrons. The number of carbonyl (C=O) groups excluding carboxylic acids is 1. The lowest BCUT2D eigenvalue weighted by Gasteiger charge is -2.10. The molecule has 7 heteroatoms. The van der Waals surface area contributed by atoms with Crippen LogP contribution in [-0.2, 0) is 15.1 Å². The maximum absolute atomic E-state index is 11.3. The lowest BCUT2D eigenvalue weighted by molar-refractivity contribution is -0.142. The van der Waals surface area contributed by atoms with E-state index in [4.69, 9.17) is 14.6 Å². The molecular weight excluding hydrogens is 260 g/mol. The summed E-state index contributed by atoms with van der Waals surface area (Å²) in [5.41, 5.74) is 0.331. The molecule has 0 fully saturated rings. The Morgan fingerprint density at radius 3 is 2.56 bits per heavy atom. The molecule has 1 unspecified atom stereocenters. The Balaban J connectivity index is 3.14. The number of hydrogen-bond acceptors (Lipinski definition) is 6. The average Bonchev–Trinajstić information content (AvgIpc) is 2.28. The van der Waals surface area contributed by atoms with E-state index in [1.807, 2.05) is 0 Å². The van der Waals surface area contributed by atoms with Crippen LogP contribution in [-0.4, -0.2) is 38.1 Å².